The average molecular weight is 723 g/mol. The van der Waals surface area contributed by atoms with Crippen LogP contribution in [-0.2, 0) is 25.5 Å². The zero-order valence-corrected chi connectivity index (χ0v) is 31.1. The maximum atomic E-state index is 12.8. The number of allylic oxidation sites excluding steroid dienone is 10. The van der Waals surface area contributed by atoms with Crippen LogP contribution in [0.1, 0.15) is 93.6 Å². The van der Waals surface area contributed by atoms with Crippen molar-refractivity contribution in [3.63, 3.8) is 0 Å². The Morgan fingerprint density at radius 1 is 0.885 bits per heavy atom. The standard InChI is InChI=1S/C41H62N4O7/c1-2-3-4-5-6-7-8-9-10-11-12-13-14-15-16-17-18-22-39(48)44-38(41(50)52-37(33-46)34-47)21-19-20-26-42-40(49)35-23-24-36(43-32-35)25-27-45-28-30-51-31-29-45/h3-4,6-7,9-10,12-13,15-16,23-24,32,37-38,46-47H,2,5,8,11,14,17-22,25-31,33-34H2,1H3,(H,42,49)(H,44,48). The summed E-state index contributed by atoms with van der Waals surface area (Å²) in [6, 6.07) is 2.73. The molecule has 0 spiro atoms. The van der Waals surface area contributed by atoms with Gasteiger partial charge in [0.1, 0.15) is 12.1 Å². The third-order valence-electron chi connectivity index (χ3n) is 8.32. The smallest absolute Gasteiger partial charge is 0.329 e. The number of aromatic nitrogens is 1. The lowest BCUT2D eigenvalue weighted by molar-refractivity contribution is -0.157. The van der Waals surface area contributed by atoms with E-state index in [4.69, 9.17) is 9.47 Å². The summed E-state index contributed by atoms with van der Waals surface area (Å²) in [5, 5.41) is 24.3. The van der Waals surface area contributed by atoms with Crippen molar-refractivity contribution in [2.24, 2.45) is 0 Å². The van der Waals surface area contributed by atoms with Crippen LogP contribution < -0.4 is 10.6 Å². The first kappa shape index (κ1) is 44.3. The van der Waals surface area contributed by atoms with Gasteiger partial charge >= 0.3 is 5.97 Å². The van der Waals surface area contributed by atoms with E-state index in [0.717, 1.165) is 83.5 Å². The molecule has 52 heavy (non-hydrogen) atoms. The van der Waals surface area contributed by atoms with Crippen LogP contribution in [0.3, 0.4) is 0 Å². The maximum Gasteiger partial charge on any atom is 0.329 e. The molecule has 1 aromatic rings. The summed E-state index contributed by atoms with van der Waals surface area (Å²) in [5.74, 6) is -1.20. The van der Waals surface area contributed by atoms with E-state index in [9.17, 15) is 24.6 Å². The number of esters is 1. The number of amides is 2. The molecule has 1 aliphatic heterocycles. The van der Waals surface area contributed by atoms with Crippen molar-refractivity contribution >= 4 is 17.8 Å². The zero-order valence-electron chi connectivity index (χ0n) is 31.1. The summed E-state index contributed by atoms with van der Waals surface area (Å²) in [5.41, 5.74) is 1.41. The van der Waals surface area contributed by atoms with E-state index in [1.807, 2.05) is 6.07 Å². The zero-order chi connectivity index (χ0) is 37.5. The molecule has 2 rings (SSSR count). The Bertz CT molecular complexity index is 1270. The number of rotatable bonds is 27. The Labute approximate surface area is 310 Å². The molecule has 1 atom stereocenters. The van der Waals surface area contributed by atoms with E-state index < -0.39 is 31.3 Å². The van der Waals surface area contributed by atoms with Gasteiger partial charge in [-0.05, 0) is 76.3 Å². The normalized spacial score (nSPS) is 14.8. The van der Waals surface area contributed by atoms with Gasteiger partial charge in [0.2, 0.25) is 5.91 Å². The van der Waals surface area contributed by atoms with Crippen LogP contribution >= 0.6 is 0 Å². The predicted octanol–water partition coefficient (Wildman–Crippen LogP) is 5.16. The van der Waals surface area contributed by atoms with Crippen molar-refractivity contribution in [2.45, 2.75) is 96.1 Å². The second-order valence-electron chi connectivity index (χ2n) is 12.6. The highest BCUT2D eigenvalue weighted by Crippen LogP contribution is 2.09. The lowest BCUT2D eigenvalue weighted by atomic mass is 10.1. The van der Waals surface area contributed by atoms with Crippen molar-refractivity contribution in [1.82, 2.24) is 20.5 Å². The summed E-state index contributed by atoms with van der Waals surface area (Å²) in [4.78, 5) is 44.9. The Kier molecular flexibility index (Phi) is 25.2. The number of ether oxygens (including phenoxy) is 2. The van der Waals surface area contributed by atoms with Crippen LogP contribution in [0.5, 0.6) is 0 Å². The van der Waals surface area contributed by atoms with Crippen molar-refractivity contribution in [3.8, 4) is 0 Å². The van der Waals surface area contributed by atoms with Gasteiger partial charge in [-0.15, -0.1) is 0 Å². The highest BCUT2D eigenvalue weighted by Gasteiger charge is 2.24. The molecule has 4 N–H and O–H groups in total. The molecule has 0 aromatic carbocycles. The predicted molar refractivity (Wildman–Crippen MR) is 206 cm³/mol. The molecule has 288 valence electrons. The van der Waals surface area contributed by atoms with E-state index in [2.05, 4.69) is 88.2 Å². The van der Waals surface area contributed by atoms with Crippen molar-refractivity contribution in [2.75, 3.05) is 52.6 Å². The maximum absolute atomic E-state index is 12.8. The Hall–Kier alpha value is -3.90. The largest absolute Gasteiger partial charge is 0.456 e. The molecular weight excluding hydrogens is 660 g/mol. The van der Waals surface area contributed by atoms with Crippen molar-refractivity contribution < 1.29 is 34.1 Å². The first-order chi connectivity index (χ1) is 25.5. The first-order valence-corrected chi connectivity index (χ1v) is 19.0. The molecule has 0 aliphatic carbocycles. The topological polar surface area (TPSA) is 150 Å². The summed E-state index contributed by atoms with van der Waals surface area (Å²) in [6.07, 6.45) is 30.5. The van der Waals surface area contributed by atoms with Crippen LogP contribution in [0, 0.1) is 0 Å². The summed E-state index contributed by atoms with van der Waals surface area (Å²) < 4.78 is 10.6. The van der Waals surface area contributed by atoms with Gasteiger partial charge in [0.05, 0.1) is 32.0 Å². The Balaban J connectivity index is 1.66. The molecule has 2 heterocycles. The first-order valence-electron chi connectivity index (χ1n) is 19.0. The van der Waals surface area contributed by atoms with Crippen LogP contribution in [-0.4, -0.2) is 103 Å². The Morgan fingerprint density at radius 3 is 2.12 bits per heavy atom. The fraction of sp³-hybridized carbons (Fsp3) is 0.561. The summed E-state index contributed by atoms with van der Waals surface area (Å²) >= 11 is 0. The van der Waals surface area contributed by atoms with Gasteiger partial charge in [-0.1, -0.05) is 67.7 Å². The molecule has 1 aliphatic rings. The monoisotopic (exact) mass is 722 g/mol. The quantitative estimate of drug-likeness (QED) is 0.0549. The lowest BCUT2D eigenvalue weighted by Gasteiger charge is -2.26. The molecular formula is C41H62N4O7. The second kappa shape index (κ2) is 29.7. The molecule has 1 saturated heterocycles. The minimum Gasteiger partial charge on any atom is -0.456 e. The molecule has 1 fully saturated rings. The van der Waals surface area contributed by atoms with Crippen molar-refractivity contribution in [1.29, 1.82) is 0 Å². The summed E-state index contributed by atoms with van der Waals surface area (Å²) in [7, 11) is 0. The molecule has 0 saturated carbocycles. The van der Waals surface area contributed by atoms with Gasteiger partial charge in [0, 0.05) is 50.9 Å². The van der Waals surface area contributed by atoms with Gasteiger partial charge in [-0.2, -0.15) is 0 Å². The molecule has 0 radical (unpaired) electrons. The van der Waals surface area contributed by atoms with E-state index in [1.54, 1.807) is 12.3 Å². The Morgan fingerprint density at radius 2 is 1.52 bits per heavy atom. The fourth-order valence-corrected chi connectivity index (χ4v) is 5.22. The molecule has 0 bridgehead atoms. The van der Waals surface area contributed by atoms with Crippen LogP contribution in [0.2, 0.25) is 0 Å². The molecule has 11 heteroatoms. The molecule has 2 amide bonds. The minimum atomic E-state index is -1.05. The van der Waals surface area contributed by atoms with Crippen LogP contribution in [0.4, 0.5) is 0 Å². The number of unbranched alkanes of at least 4 members (excludes halogenated alkanes) is 2. The van der Waals surface area contributed by atoms with E-state index in [1.165, 1.54) is 0 Å². The third kappa shape index (κ3) is 21.5. The third-order valence-corrected chi connectivity index (χ3v) is 8.32. The number of nitrogens with zero attached hydrogens (tertiary/aromatic N) is 2. The average Bonchev–Trinajstić information content (AvgIpc) is 3.17. The lowest BCUT2D eigenvalue weighted by Crippen LogP contribution is -2.44. The minimum absolute atomic E-state index is 0.224. The van der Waals surface area contributed by atoms with E-state index in [0.29, 0.717) is 31.4 Å². The van der Waals surface area contributed by atoms with Gasteiger partial charge in [-0.25, -0.2) is 4.79 Å². The van der Waals surface area contributed by atoms with E-state index >= 15 is 0 Å². The van der Waals surface area contributed by atoms with Crippen LogP contribution in [0.15, 0.2) is 79.1 Å². The number of pyridine rings is 1. The number of carbonyl (C=O) groups is 3. The number of aliphatic hydroxyl groups is 2. The van der Waals surface area contributed by atoms with Gasteiger partial charge in [-0.3, -0.25) is 19.5 Å². The second-order valence-corrected chi connectivity index (χ2v) is 12.6. The number of morpholine rings is 1. The highest BCUT2D eigenvalue weighted by molar-refractivity contribution is 5.93. The molecule has 1 aromatic heterocycles. The molecule has 11 nitrogen and oxygen atoms in total. The fourth-order valence-electron chi connectivity index (χ4n) is 5.22. The van der Waals surface area contributed by atoms with Gasteiger partial charge in [0.15, 0.2) is 0 Å². The number of hydrogen-bond donors (Lipinski definition) is 4. The summed E-state index contributed by atoms with van der Waals surface area (Å²) in [6.45, 7) is 5.74. The van der Waals surface area contributed by atoms with Gasteiger partial charge in [0.25, 0.3) is 5.91 Å². The van der Waals surface area contributed by atoms with E-state index in [-0.39, 0.29) is 24.7 Å². The number of hydrogen-bond acceptors (Lipinski definition) is 9. The SMILES string of the molecule is CCC=CCC=CCC=CCC=CCC=CCCCC(=O)NC(CCCCNC(=O)c1ccc(CCN2CCOCC2)nc1)C(=O)OC(CO)CO. The number of nitrogens with one attached hydrogen (secondary N) is 2. The van der Waals surface area contributed by atoms with Crippen LogP contribution in [0.25, 0.3) is 0 Å². The molecule has 1 unspecified atom stereocenters. The number of aliphatic hydroxyl groups excluding tert-OH is 2. The van der Waals surface area contributed by atoms with Crippen molar-refractivity contribution in [3.05, 3.63) is 90.3 Å². The van der Waals surface area contributed by atoms with Gasteiger partial charge < -0.3 is 30.3 Å². The highest BCUT2D eigenvalue weighted by atomic mass is 16.6. The number of carbonyl (C=O) groups excluding carboxylic acids is 3.